The Hall–Kier alpha value is -5.28. The number of furan rings is 1. The molecule has 2 aromatic heterocycles. The maximum Gasteiger partial charge on any atom is 0.134 e. The van der Waals surface area contributed by atoms with Crippen LogP contribution in [-0.2, 0) is 6.42 Å². The first kappa shape index (κ1) is 23.4. The van der Waals surface area contributed by atoms with Gasteiger partial charge in [0.15, 0.2) is 0 Å². The molecule has 1 aliphatic carbocycles. The van der Waals surface area contributed by atoms with Crippen molar-refractivity contribution in [3.63, 3.8) is 0 Å². The van der Waals surface area contributed by atoms with Crippen LogP contribution in [-0.4, -0.2) is 11.1 Å². The van der Waals surface area contributed by atoms with Crippen LogP contribution in [0.15, 0.2) is 126 Å². The fraction of sp³-hybridized carbons (Fsp3) is 0.0769. The number of para-hydroxylation sites is 3. The van der Waals surface area contributed by atoms with E-state index in [1.54, 1.807) is 0 Å². The van der Waals surface area contributed by atoms with E-state index in [9.17, 15) is 0 Å². The van der Waals surface area contributed by atoms with Crippen molar-refractivity contribution in [1.29, 1.82) is 0 Å². The van der Waals surface area contributed by atoms with Crippen LogP contribution >= 0.6 is 0 Å². The summed E-state index contributed by atoms with van der Waals surface area (Å²) in [4.78, 5) is 0. The second kappa shape index (κ2) is 9.12. The lowest BCUT2D eigenvalue weighted by atomic mass is 9.87. The van der Waals surface area contributed by atoms with Crippen molar-refractivity contribution in [3.8, 4) is 16.8 Å². The molecule has 1 N–H and O–H groups in total. The smallest absolute Gasteiger partial charge is 0.134 e. The van der Waals surface area contributed by atoms with Gasteiger partial charge in [0.05, 0.1) is 11.0 Å². The standard InChI is InChI=1S/C39H28N2O/c1-3-12-35-31(9-1)34-23-27(28-16-20-33-32-10-2-4-13-37(32)42-38(33)24-28)17-21-36(34)41(35)29-18-14-25(15-19-29)30-11-5-7-26-8-6-22-40-39(26)30/h1-21,23,28,40H,22,24H2. The molecule has 3 heteroatoms. The SMILES string of the molecule is C1=Cc2cccc(-c3ccc(-n4c5ccccc5c5cc(C6C=Cc7c(oc8ccccc78)C6)ccc54)cc3)c2NC1. The van der Waals surface area contributed by atoms with Gasteiger partial charge in [0.25, 0.3) is 0 Å². The second-order valence-electron chi connectivity index (χ2n) is 11.3. The van der Waals surface area contributed by atoms with Gasteiger partial charge in [-0.15, -0.1) is 0 Å². The molecule has 1 atom stereocenters. The lowest BCUT2D eigenvalue weighted by Crippen LogP contribution is -2.05. The van der Waals surface area contributed by atoms with Gasteiger partial charge in [0.2, 0.25) is 0 Å². The lowest BCUT2D eigenvalue weighted by molar-refractivity contribution is 0.533. The molecule has 0 saturated heterocycles. The van der Waals surface area contributed by atoms with E-state index < -0.39 is 0 Å². The molecule has 0 amide bonds. The number of aromatic nitrogens is 1. The first-order valence-electron chi connectivity index (χ1n) is 14.7. The lowest BCUT2D eigenvalue weighted by Gasteiger charge is -2.18. The summed E-state index contributed by atoms with van der Waals surface area (Å²) in [5, 5.41) is 7.32. The molecule has 0 saturated carbocycles. The van der Waals surface area contributed by atoms with E-state index in [1.165, 1.54) is 66.4 Å². The summed E-state index contributed by atoms with van der Waals surface area (Å²) in [7, 11) is 0. The van der Waals surface area contributed by atoms with Crippen LogP contribution in [0.1, 0.15) is 28.4 Å². The third kappa shape index (κ3) is 3.53. The average molecular weight is 541 g/mol. The summed E-state index contributed by atoms with van der Waals surface area (Å²) in [6.07, 6.45) is 9.84. The van der Waals surface area contributed by atoms with E-state index in [-0.39, 0.29) is 5.92 Å². The Morgan fingerprint density at radius 3 is 2.48 bits per heavy atom. The van der Waals surface area contributed by atoms with Crippen molar-refractivity contribution in [3.05, 3.63) is 144 Å². The summed E-state index contributed by atoms with van der Waals surface area (Å²) in [6, 6.07) is 39.6. The van der Waals surface area contributed by atoms with E-state index in [0.717, 1.165) is 24.3 Å². The summed E-state index contributed by atoms with van der Waals surface area (Å²) in [5.41, 5.74) is 12.0. The van der Waals surface area contributed by atoms with Crippen molar-refractivity contribution >= 4 is 50.6 Å². The highest BCUT2D eigenvalue weighted by molar-refractivity contribution is 6.09. The molecule has 0 spiro atoms. The monoisotopic (exact) mass is 540 g/mol. The Morgan fingerprint density at radius 2 is 1.55 bits per heavy atom. The zero-order valence-electron chi connectivity index (χ0n) is 23.0. The van der Waals surface area contributed by atoms with Crippen LogP contribution in [0.3, 0.4) is 0 Å². The molecule has 0 fully saturated rings. The van der Waals surface area contributed by atoms with Gasteiger partial charge in [0.1, 0.15) is 11.3 Å². The van der Waals surface area contributed by atoms with E-state index in [1.807, 2.05) is 6.07 Å². The fourth-order valence-electron chi connectivity index (χ4n) is 6.94. The normalized spacial score (nSPS) is 15.7. The summed E-state index contributed by atoms with van der Waals surface area (Å²) in [6.45, 7) is 0.863. The number of anilines is 1. The number of nitrogens with zero attached hydrogens (tertiary/aromatic N) is 1. The van der Waals surface area contributed by atoms with Crippen molar-refractivity contribution in [2.45, 2.75) is 12.3 Å². The molecule has 3 heterocycles. The molecule has 200 valence electrons. The van der Waals surface area contributed by atoms with Gasteiger partial charge in [-0.1, -0.05) is 97.1 Å². The molecule has 1 aliphatic heterocycles. The summed E-state index contributed by atoms with van der Waals surface area (Å²) < 4.78 is 8.67. The van der Waals surface area contributed by atoms with E-state index >= 15 is 0 Å². The van der Waals surface area contributed by atoms with Crippen LogP contribution in [0.2, 0.25) is 0 Å². The van der Waals surface area contributed by atoms with Crippen molar-refractivity contribution < 1.29 is 4.42 Å². The molecular weight excluding hydrogens is 512 g/mol. The molecule has 7 aromatic rings. The van der Waals surface area contributed by atoms with Gasteiger partial charge in [-0.3, -0.25) is 0 Å². The van der Waals surface area contributed by atoms with Gasteiger partial charge in [-0.05, 0) is 53.1 Å². The van der Waals surface area contributed by atoms with Crippen molar-refractivity contribution in [2.24, 2.45) is 0 Å². The van der Waals surface area contributed by atoms with Crippen LogP contribution < -0.4 is 5.32 Å². The first-order chi connectivity index (χ1) is 20.8. The number of hydrogen-bond acceptors (Lipinski definition) is 2. The number of benzene rings is 5. The van der Waals surface area contributed by atoms with Crippen LogP contribution in [0.25, 0.3) is 61.7 Å². The molecule has 42 heavy (non-hydrogen) atoms. The van der Waals surface area contributed by atoms with Gasteiger partial charge in [-0.25, -0.2) is 0 Å². The van der Waals surface area contributed by atoms with Gasteiger partial charge < -0.3 is 14.3 Å². The predicted octanol–water partition coefficient (Wildman–Crippen LogP) is 9.99. The average Bonchev–Trinajstić information content (AvgIpc) is 3.59. The van der Waals surface area contributed by atoms with E-state index in [4.69, 9.17) is 4.42 Å². The van der Waals surface area contributed by atoms with Gasteiger partial charge in [-0.2, -0.15) is 0 Å². The second-order valence-corrected chi connectivity index (χ2v) is 11.3. The zero-order chi connectivity index (χ0) is 27.6. The maximum absolute atomic E-state index is 6.27. The molecule has 1 unspecified atom stereocenters. The molecule has 2 aliphatic rings. The van der Waals surface area contributed by atoms with Crippen LogP contribution in [0, 0.1) is 0 Å². The topological polar surface area (TPSA) is 30.1 Å². The van der Waals surface area contributed by atoms with Crippen molar-refractivity contribution in [2.75, 3.05) is 11.9 Å². The van der Waals surface area contributed by atoms with Crippen LogP contribution in [0.5, 0.6) is 0 Å². The molecule has 5 aromatic carbocycles. The minimum absolute atomic E-state index is 0.282. The zero-order valence-corrected chi connectivity index (χ0v) is 23.0. The highest BCUT2D eigenvalue weighted by Gasteiger charge is 2.22. The minimum atomic E-state index is 0.282. The summed E-state index contributed by atoms with van der Waals surface area (Å²) >= 11 is 0. The van der Waals surface area contributed by atoms with Gasteiger partial charge >= 0.3 is 0 Å². The molecular formula is C39H28N2O. The highest BCUT2D eigenvalue weighted by Crippen LogP contribution is 2.40. The molecule has 3 nitrogen and oxygen atoms in total. The molecule has 9 rings (SSSR count). The Bertz CT molecular complexity index is 2230. The number of hydrogen-bond donors (Lipinski definition) is 1. The first-order valence-corrected chi connectivity index (χ1v) is 14.7. The Labute approximate surface area is 244 Å². The third-order valence-corrected chi connectivity index (χ3v) is 8.96. The molecule has 0 bridgehead atoms. The maximum atomic E-state index is 6.27. The number of fused-ring (bicyclic) bond motifs is 7. The van der Waals surface area contributed by atoms with Crippen molar-refractivity contribution in [1.82, 2.24) is 4.57 Å². The largest absolute Gasteiger partial charge is 0.460 e. The molecule has 0 radical (unpaired) electrons. The minimum Gasteiger partial charge on any atom is -0.460 e. The van der Waals surface area contributed by atoms with E-state index in [0.29, 0.717) is 0 Å². The van der Waals surface area contributed by atoms with Gasteiger partial charge in [0, 0.05) is 57.5 Å². The quantitative estimate of drug-likeness (QED) is 0.242. The number of nitrogens with one attached hydrogen (secondary N) is 1. The highest BCUT2D eigenvalue weighted by atomic mass is 16.3. The summed E-state index contributed by atoms with van der Waals surface area (Å²) in [5.74, 6) is 1.36. The third-order valence-electron chi connectivity index (χ3n) is 8.96. The van der Waals surface area contributed by atoms with Crippen LogP contribution in [0.4, 0.5) is 5.69 Å². The number of allylic oxidation sites excluding steroid dienone is 1. The Morgan fingerprint density at radius 1 is 0.714 bits per heavy atom. The number of rotatable bonds is 3. The fourth-order valence-corrected chi connectivity index (χ4v) is 6.94. The van der Waals surface area contributed by atoms with E-state index in [2.05, 4.69) is 137 Å². The Kier molecular flexibility index (Phi) is 5.09. The Balaban J connectivity index is 1.12. The predicted molar refractivity (Wildman–Crippen MR) is 175 cm³/mol.